The van der Waals surface area contributed by atoms with Crippen molar-refractivity contribution in [3.63, 3.8) is 0 Å². The fraction of sp³-hybridized carbons (Fsp3) is 0.462. The quantitative estimate of drug-likeness (QED) is 0.831. The van der Waals surface area contributed by atoms with Crippen LogP contribution in [-0.4, -0.2) is 31.3 Å². The summed E-state index contributed by atoms with van der Waals surface area (Å²) in [5.41, 5.74) is 9.07. The van der Waals surface area contributed by atoms with E-state index in [0.717, 1.165) is 30.8 Å². The third-order valence-corrected chi connectivity index (χ3v) is 3.46. The van der Waals surface area contributed by atoms with Crippen molar-refractivity contribution in [2.45, 2.75) is 19.4 Å². The number of hydrogen-bond donors (Lipinski definition) is 1. The topological polar surface area (TPSA) is 38.5 Å². The molecular weight excluding hydrogens is 232 g/mol. The lowest BCUT2D eigenvalue weighted by molar-refractivity contribution is 0.121. The van der Waals surface area contributed by atoms with E-state index in [4.69, 9.17) is 22.7 Å². The summed E-state index contributed by atoms with van der Waals surface area (Å²) in [5, 5.41) is 0. The van der Waals surface area contributed by atoms with Crippen LogP contribution in [-0.2, 0) is 4.74 Å². The van der Waals surface area contributed by atoms with Gasteiger partial charge >= 0.3 is 0 Å². The molecule has 0 bridgehead atoms. The number of nitrogens with two attached hydrogens (primary N) is 1. The number of hydrogen-bond acceptors (Lipinski definition) is 3. The van der Waals surface area contributed by atoms with E-state index in [9.17, 15) is 0 Å². The van der Waals surface area contributed by atoms with E-state index in [-0.39, 0.29) is 0 Å². The van der Waals surface area contributed by atoms with Gasteiger partial charge in [0.05, 0.1) is 6.10 Å². The van der Waals surface area contributed by atoms with Crippen molar-refractivity contribution in [2.75, 3.05) is 25.1 Å². The Morgan fingerprint density at radius 3 is 2.88 bits per heavy atom. The molecule has 1 saturated heterocycles. The smallest absolute Gasteiger partial charge is 0.106 e. The summed E-state index contributed by atoms with van der Waals surface area (Å²) in [6.45, 7) is 3.96. The second-order valence-corrected chi connectivity index (χ2v) is 4.92. The van der Waals surface area contributed by atoms with Gasteiger partial charge in [-0.1, -0.05) is 23.8 Å². The number of aryl methyl sites for hydroxylation is 1. The van der Waals surface area contributed by atoms with Gasteiger partial charge in [-0.2, -0.15) is 0 Å². The summed E-state index contributed by atoms with van der Waals surface area (Å²) in [5.74, 6) is 0. The highest BCUT2D eigenvalue weighted by molar-refractivity contribution is 7.80. The van der Waals surface area contributed by atoms with Gasteiger partial charge in [0.1, 0.15) is 4.99 Å². The van der Waals surface area contributed by atoms with Gasteiger partial charge < -0.3 is 15.4 Å². The summed E-state index contributed by atoms with van der Waals surface area (Å²) in [6, 6.07) is 6.25. The minimum atomic E-state index is 0.315. The Bertz CT molecular complexity index is 433. The second kappa shape index (κ2) is 5.02. The molecule has 4 heteroatoms. The van der Waals surface area contributed by atoms with E-state index >= 15 is 0 Å². The van der Waals surface area contributed by atoms with Crippen LogP contribution in [0, 0.1) is 6.92 Å². The highest BCUT2D eigenvalue weighted by Crippen LogP contribution is 2.26. The van der Waals surface area contributed by atoms with Crippen LogP contribution in [0.2, 0.25) is 0 Å². The molecule has 3 nitrogen and oxygen atoms in total. The average Bonchev–Trinajstić information content (AvgIpc) is 2.77. The number of methoxy groups -OCH3 is 1. The van der Waals surface area contributed by atoms with Crippen LogP contribution < -0.4 is 10.6 Å². The predicted molar refractivity (Wildman–Crippen MR) is 74.7 cm³/mol. The molecule has 1 unspecified atom stereocenters. The molecule has 1 aliphatic rings. The first-order valence-electron chi connectivity index (χ1n) is 5.80. The van der Waals surface area contributed by atoms with Crippen LogP contribution in [0.3, 0.4) is 0 Å². The number of benzene rings is 1. The van der Waals surface area contributed by atoms with Crippen molar-refractivity contribution in [1.82, 2.24) is 0 Å². The molecule has 17 heavy (non-hydrogen) atoms. The lowest BCUT2D eigenvalue weighted by Gasteiger charge is -2.21. The van der Waals surface area contributed by atoms with Crippen molar-refractivity contribution in [3.8, 4) is 0 Å². The Kier molecular flexibility index (Phi) is 3.64. The van der Waals surface area contributed by atoms with Crippen LogP contribution in [0.4, 0.5) is 5.69 Å². The van der Waals surface area contributed by atoms with Crippen LogP contribution in [0.25, 0.3) is 0 Å². The summed E-state index contributed by atoms with van der Waals surface area (Å²) < 4.78 is 5.38. The molecule has 1 aliphatic heterocycles. The maximum absolute atomic E-state index is 5.79. The standard InChI is InChI=1S/C13H18N2OS/c1-9-3-4-12(11(7-9)13(14)17)15-6-5-10(8-15)16-2/h3-4,7,10H,5-6,8H2,1-2H3,(H2,14,17). The number of nitrogens with zero attached hydrogens (tertiary/aromatic N) is 1. The fourth-order valence-electron chi connectivity index (χ4n) is 2.26. The molecular formula is C13H18N2OS. The van der Waals surface area contributed by atoms with Crippen molar-refractivity contribution >= 4 is 22.9 Å². The molecule has 0 aliphatic carbocycles. The Balaban J connectivity index is 2.29. The molecule has 0 aromatic heterocycles. The Hall–Kier alpha value is -1.13. The van der Waals surface area contributed by atoms with Gasteiger partial charge in [0, 0.05) is 31.5 Å². The maximum atomic E-state index is 5.79. The average molecular weight is 250 g/mol. The normalized spacial score (nSPS) is 19.6. The number of ether oxygens (including phenoxy) is 1. The molecule has 0 saturated carbocycles. The lowest BCUT2D eigenvalue weighted by atomic mass is 10.1. The minimum absolute atomic E-state index is 0.315. The predicted octanol–water partition coefficient (Wildman–Crippen LogP) is 1.85. The Morgan fingerprint density at radius 2 is 2.29 bits per heavy atom. The number of rotatable bonds is 3. The maximum Gasteiger partial charge on any atom is 0.106 e. The van der Waals surface area contributed by atoms with Gasteiger partial charge in [0.25, 0.3) is 0 Å². The van der Waals surface area contributed by atoms with Gasteiger partial charge in [-0.3, -0.25) is 0 Å². The van der Waals surface area contributed by atoms with Crippen molar-refractivity contribution in [2.24, 2.45) is 5.73 Å². The number of thiocarbonyl (C=S) groups is 1. The summed E-state index contributed by atoms with van der Waals surface area (Å²) in [4.78, 5) is 2.76. The molecule has 2 rings (SSSR count). The summed E-state index contributed by atoms with van der Waals surface area (Å²) in [6.07, 6.45) is 1.37. The van der Waals surface area contributed by atoms with E-state index in [2.05, 4.69) is 23.1 Å². The zero-order valence-corrected chi connectivity index (χ0v) is 11.1. The fourth-order valence-corrected chi connectivity index (χ4v) is 2.43. The van der Waals surface area contributed by atoms with Crippen molar-refractivity contribution in [3.05, 3.63) is 29.3 Å². The molecule has 0 radical (unpaired) electrons. The zero-order chi connectivity index (χ0) is 12.4. The largest absolute Gasteiger partial charge is 0.389 e. The van der Waals surface area contributed by atoms with E-state index in [1.54, 1.807) is 7.11 Å². The van der Waals surface area contributed by atoms with Crippen molar-refractivity contribution in [1.29, 1.82) is 0 Å². The molecule has 0 spiro atoms. The summed E-state index contributed by atoms with van der Waals surface area (Å²) in [7, 11) is 1.76. The molecule has 1 aromatic carbocycles. The van der Waals surface area contributed by atoms with Gasteiger partial charge in [0.2, 0.25) is 0 Å². The SMILES string of the molecule is COC1CCN(c2ccc(C)cc2C(N)=S)C1. The second-order valence-electron chi connectivity index (χ2n) is 4.48. The van der Waals surface area contributed by atoms with Crippen LogP contribution >= 0.6 is 12.2 Å². The third-order valence-electron chi connectivity index (χ3n) is 3.24. The first-order chi connectivity index (χ1) is 8.11. The molecule has 1 atom stereocenters. The molecule has 1 heterocycles. The molecule has 92 valence electrons. The highest BCUT2D eigenvalue weighted by Gasteiger charge is 2.24. The number of anilines is 1. The van der Waals surface area contributed by atoms with Gasteiger partial charge in [-0.05, 0) is 25.5 Å². The first kappa shape index (κ1) is 12.3. The van der Waals surface area contributed by atoms with Crippen molar-refractivity contribution < 1.29 is 4.74 Å². The van der Waals surface area contributed by atoms with Crippen LogP contribution in [0.5, 0.6) is 0 Å². The molecule has 1 aromatic rings. The lowest BCUT2D eigenvalue weighted by Crippen LogP contribution is -2.25. The van der Waals surface area contributed by atoms with Gasteiger partial charge in [-0.25, -0.2) is 0 Å². The summed E-state index contributed by atoms with van der Waals surface area (Å²) >= 11 is 5.12. The highest BCUT2D eigenvalue weighted by atomic mass is 32.1. The van der Waals surface area contributed by atoms with E-state index < -0.39 is 0 Å². The van der Waals surface area contributed by atoms with E-state index in [1.165, 1.54) is 5.56 Å². The van der Waals surface area contributed by atoms with E-state index in [0.29, 0.717) is 11.1 Å². The monoisotopic (exact) mass is 250 g/mol. The van der Waals surface area contributed by atoms with Crippen LogP contribution in [0.1, 0.15) is 17.5 Å². The Morgan fingerprint density at radius 1 is 1.53 bits per heavy atom. The Labute approximate surface area is 108 Å². The van der Waals surface area contributed by atoms with E-state index in [1.807, 2.05) is 6.92 Å². The molecule has 2 N–H and O–H groups in total. The van der Waals surface area contributed by atoms with Gasteiger partial charge in [0.15, 0.2) is 0 Å². The minimum Gasteiger partial charge on any atom is -0.389 e. The first-order valence-corrected chi connectivity index (χ1v) is 6.21. The molecule has 0 amide bonds. The molecule has 1 fully saturated rings. The van der Waals surface area contributed by atoms with Crippen LogP contribution in [0.15, 0.2) is 18.2 Å². The van der Waals surface area contributed by atoms with Gasteiger partial charge in [-0.15, -0.1) is 0 Å². The zero-order valence-electron chi connectivity index (χ0n) is 10.3. The third kappa shape index (κ3) is 2.58.